The highest BCUT2D eigenvalue weighted by Crippen LogP contribution is 2.19. The molecule has 1 aromatic rings. The Hall–Kier alpha value is -0.930. The van der Waals surface area contributed by atoms with Crippen LogP contribution in [0.1, 0.15) is 38.4 Å². The van der Waals surface area contributed by atoms with Gasteiger partial charge < -0.3 is 5.73 Å². The zero-order valence-electron chi connectivity index (χ0n) is 10.6. The van der Waals surface area contributed by atoms with E-state index in [1.165, 1.54) is 12.8 Å². The average molecular weight is 221 g/mol. The summed E-state index contributed by atoms with van der Waals surface area (Å²) in [6.07, 6.45) is 4.22. The van der Waals surface area contributed by atoms with Crippen LogP contribution in [0.4, 0.5) is 0 Å². The SMILES string of the molecule is CCCC(C)N(C)C(CN)c1ccccn1. The van der Waals surface area contributed by atoms with Gasteiger partial charge in [-0.2, -0.15) is 0 Å². The fourth-order valence-electron chi connectivity index (χ4n) is 2.00. The summed E-state index contributed by atoms with van der Waals surface area (Å²) in [5.41, 5.74) is 6.92. The van der Waals surface area contributed by atoms with E-state index in [-0.39, 0.29) is 6.04 Å². The molecule has 0 aliphatic carbocycles. The first kappa shape index (κ1) is 13.1. The summed E-state index contributed by atoms with van der Waals surface area (Å²) >= 11 is 0. The molecule has 0 amide bonds. The molecule has 3 heteroatoms. The zero-order chi connectivity index (χ0) is 12.0. The van der Waals surface area contributed by atoms with Crippen LogP contribution in [0.3, 0.4) is 0 Å². The number of aromatic nitrogens is 1. The van der Waals surface area contributed by atoms with Crippen molar-refractivity contribution in [2.24, 2.45) is 5.73 Å². The van der Waals surface area contributed by atoms with Crippen LogP contribution in [0, 0.1) is 0 Å². The number of hydrogen-bond acceptors (Lipinski definition) is 3. The van der Waals surface area contributed by atoms with E-state index in [0.717, 1.165) is 5.69 Å². The van der Waals surface area contributed by atoms with Gasteiger partial charge in [-0.05, 0) is 32.5 Å². The van der Waals surface area contributed by atoms with E-state index in [9.17, 15) is 0 Å². The van der Waals surface area contributed by atoms with Crippen molar-refractivity contribution in [2.45, 2.75) is 38.8 Å². The molecule has 2 atom stereocenters. The van der Waals surface area contributed by atoms with Crippen molar-refractivity contribution in [3.05, 3.63) is 30.1 Å². The number of rotatable bonds is 6. The highest BCUT2D eigenvalue weighted by atomic mass is 15.2. The minimum absolute atomic E-state index is 0.225. The summed E-state index contributed by atoms with van der Waals surface area (Å²) in [6.45, 7) is 5.07. The lowest BCUT2D eigenvalue weighted by molar-refractivity contribution is 0.176. The minimum atomic E-state index is 0.225. The second-order valence-corrected chi connectivity index (χ2v) is 4.31. The summed E-state index contributed by atoms with van der Waals surface area (Å²) < 4.78 is 0. The predicted octanol–water partition coefficient (Wildman–Crippen LogP) is 2.20. The second kappa shape index (κ2) is 6.61. The van der Waals surface area contributed by atoms with Crippen molar-refractivity contribution in [3.63, 3.8) is 0 Å². The Morgan fingerprint density at radius 1 is 1.44 bits per heavy atom. The van der Waals surface area contributed by atoms with Gasteiger partial charge >= 0.3 is 0 Å². The molecule has 1 aromatic heterocycles. The molecule has 1 rings (SSSR count). The molecule has 1 heterocycles. The third-order valence-electron chi connectivity index (χ3n) is 3.15. The summed E-state index contributed by atoms with van der Waals surface area (Å²) in [5.74, 6) is 0. The van der Waals surface area contributed by atoms with E-state index in [1.807, 2.05) is 24.4 Å². The van der Waals surface area contributed by atoms with E-state index < -0.39 is 0 Å². The molecule has 0 saturated carbocycles. The first-order chi connectivity index (χ1) is 7.70. The Balaban J connectivity index is 2.74. The van der Waals surface area contributed by atoms with E-state index in [1.54, 1.807) is 0 Å². The quantitative estimate of drug-likeness (QED) is 0.800. The minimum Gasteiger partial charge on any atom is -0.329 e. The van der Waals surface area contributed by atoms with Crippen molar-refractivity contribution in [1.82, 2.24) is 9.88 Å². The molecule has 90 valence electrons. The van der Waals surface area contributed by atoms with Crippen molar-refractivity contribution in [3.8, 4) is 0 Å². The van der Waals surface area contributed by atoms with Crippen LogP contribution < -0.4 is 5.73 Å². The van der Waals surface area contributed by atoms with Crippen LogP contribution in [0.25, 0.3) is 0 Å². The summed E-state index contributed by atoms with van der Waals surface area (Å²) in [5, 5.41) is 0. The first-order valence-corrected chi connectivity index (χ1v) is 6.03. The van der Waals surface area contributed by atoms with Crippen LogP contribution in [-0.4, -0.2) is 29.5 Å². The zero-order valence-corrected chi connectivity index (χ0v) is 10.6. The lowest BCUT2D eigenvalue weighted by Crippen LogP contribution is -2.37. The van der Waals surface area contributed by atoms with Crippen molar-refractivity contribution in [1.29, 1.82) is 0 Å². The Kier molecular flexibility index (Phi) is 5.43. The molecule has 0 spiro atoms. The molecule has 16 heavy (non-hydrogen) atoms. The monoisotopic (exact) mass is 221 g/mol. The molecule has 0 saturated heterocycles. The second-order valence-electron chi connectivity index (χ2n) is 4.31. The molecule has 0 bridgehead atoms. The number of nitrogens with two attached hydrogens (primary N) is 1. The fourth-order valence-corrected chi connectivity index (χ4v) is 2.00. The average Bonchev–Trinajstić information content (AvgIpc) is 2.31. The van der Waals surface area contributed by atoms with Gasteiger partial charge in [0.1, 0.15) is 0 Å². The van der Waals surface area contributed by atoms with Crippen LogP contribution in [-0.2, 0) is 0 Å². The van der Waals surface area contributed by atoms with E-state index in [2.05, 4.69) is 30.8 Å². The van der Waals surface area contributed by atoms with Crippen LogP contribution in [0.15, 0.2) is 24.4 Å². The summed E-state index contributed by atoms with van der Waals surface area (Å²) in [6, 6.07) is 6.77. The maximum atomic E-state index is 5.86. The maximum absolute atomic E-state index is 5.86. The van der Waals surface area contributed by atoms with Gasteiger partial charge in [0.05, 0.1) is 11.7 Å². The van der Waals surface area contributed by atoms with Gasteiger partial charge in [-0.1, -0.05) is 19.4 Å². The molecule has 0 fully saturated rings. The lowest BCUT2D eigenvalue weighted by Gasteiger charge is -2.32. The highest BCUT2D eigenvalue weighted by molar-refractivity contribution is 5.09. The smallest absolute Gasteiger partial charge is 0.0644 e. The molecule has 0 aliphatic heterocycles. The largest absolute Gasteiger partial charge is 0.329 e. The van der Waals surface area contributed by atoms with Crippen LogP contribution in [0.2, 0.25) is 0 Å². The van der Waals surface area contributed by atoms with Crippen molar-refractivity contribution >= 4 is 0 Å². The van der Waals surface area contributed by atoms with Gasteiger partial charge in [0.2, 0.25) is 0 Å². The Morgan fingerprint density at radius 3 is 2.69 bits per heavy atom. The summed E-state index contributed by atoms with van der Waals surface area (Å²) in [7, 11) is 2.13. The van der Waals surface area contributed by atoms with Gasteiger partial charge in [-0.15, -0.1) is 0 Å². The first-order valence-electron chi connectivity index (χ1n) is 6.03. The number of nitrogens with zero attached hydrogens (tertiary/aromatic N) is 2. The van der Waals surface area contributed by atoms with Crippen molar-refractivity contribution < 1.29 is 0 Å². The van der Waals surface area contributed by atoms with Crippen LogP contribution in [0.5, 0.6) is 0 Å². The van der Waals surface area contributed by atoms with Gasteiger partial charge in [0.15, 0.2) is 0 Å². The molecule has 0 aliphatic rings. The number of hydrogen-bond donors (Lipinski definition) is 1. The van der Waals surface area contributed by atoms with E-state index in [4.69, 9.17) is 5.73 Å². The van der Waals surface area contributed by atoms with Gasteiger partial charge in [-0.3, -0.25) is 9.88 Å². The molecule has 0 radical (unpaired) electrons. The van der Waals surface area contributed by atoms with E-state index >= 15 is 0 Å². The number of likely N-dealkylation sites (N-methyl/N-ethyl adjacent to an activating group) is 1. The summed E-state index contributed by atoms with van der Waals surface area (Å²) in [4.78, 5) is 6.72. The van der Waals surface area contributed by atoms with Gasteiger partial charge in [-0.25, -0.2) is 0 Å². The highest BCUT2D eigenvalue weighted by Gasteiger charge is 2.20. The Labute approximate surface area is 98.7 Å². The molecular weight excluding hydrogens is 198 g/mol. The van der Waals surface area contributed by atoms with Gasteiger partial charge in [0.25, 0.3) is 0 Å². The standard InChI is InChI=1S/C13H23N3/c1-4-7-11(2)16(3)13(10-14)12-8-5-6-9-15-12/h5-6,8-9,11,13H,4,7,10,14H2,1-3H3. The molecule has 2 N–H and O–H groups in total. The number of pyridine rings is 1. The maximum Gasteiger partial charge on any atom is 0.0644 e. The molecule has 3 nitrogen and oxygen atoms in total. The third-order valence-corrected chi connectivity index (χ3v) is 3.15. The van der Waals surface area contributed by atoms with Crippen LogP contribution >= 0.6 is 0 Å². The van der Waals surface area contributed by atoms with Gasteiger partial charge in [0, 0.05) is 18.8 Å². The van der Waals surface area contributed by atoms with E-state index in [0.29, 0.717) is 12.6 Å². The lowest BCUT2D eigenvalue weighted by atomic mass is 10.1. The third kappa shape index (κ3) is 3.29. The molecular formula is C13H23N3. The van der Waals surface area contributed by atoms with Crippen molar-refractivity contribution in [2.75, 3.05) is 13.6 Å². The molecule has 0 aromatic carbocycles. The predicted molar refractivity (Wildman–Crippen MR) is 68.2 cm³/mol. The topological polar surface area (TPSA) is 42.1 Å². The fraction of sp³-hybridized carbons (Fsp3) is 0.615. The molecule has 2 unspecified atom stereocenters. The Bertz CT molecular complexity index is 286. The Morgan fingerprint density at radius 2 is 2.19 bits per heavy atom. The normalized spacial score (nSPS) is 15.1.